The summed E-state index contributed by atoms with van der Waals surface area (Å²) in [4.78, 5) is 0. The van der Waals surface area contributed by atoms with Crippen molar-refractivity contribution in [3.63, 3.8) is 0 Å². The Labute approximate surface area is 105 Å². The predicted molar refractivity (Wildman–Crippen MR) is 70.4 cm³/mol. The van der Waals surface area contributed by atoms with Gasteiger partial charge in [-0.25, -0.2) is 8.42 Å². The van der Waals surface area contributed by atoms with Crippen molar-refractivity contribution in [3.8, 4) is 0 Å². The summed E-state index contributed by atoms with van der Waals surface area (Å²) >= 11 is 0. The average molecular weight is 266 g/mol. The van der Waals surface area contributed by atoms with Crippen molar-refractivity contribution < 1.29 is 13.2 Å². The zero-order valence-electron chi connectivity index (χ0n) is 11.4. The summed E-state index contributed by atoms with van der Waals surface area (Å²) in [6.07, 6.45) is 0.642. The van der Waals surface area contributed by atoms with E-state index in [2.05, 4.69) is 0 Å². The maximum Gasteiger partial charge on any atom is 0.214 e. The molecular weight excluding hydrogens is 240 g/mol. The monoisotopic (exact) mass is 266 g/mol. The molecule has 0 aliphatic carbocycles. The Hall–Kier alpha value is -0.170. The maximum atomic E-state index is 12.1. The van der Waals surface area contributed by atoms with E-state index in [0.717, 1.165) is 0 Å². The van der Waals surface area contributed by atoms with E-state index in [1.807, 2.05) is 20.8 Å². The lowest BCUT2D eigenvalue weighted by molar-refractivity contribution is 0.179. The van der Waals surface area contributed by atoms with Crippen LogP contribution in [0, 0.1) is 5.41 Å². The molecule has 2 N–H and O–H groups in total. The fourth-order valence-corrected chi connectivity index (χ4v) is 3.16. The van der Waals surface area contributed by atoms with Gasteiger partial charge in [0.05, 0.1) is 12.4 Å². The van der Waals surface area contributed by atoms with Crippen molar-refractivity contribution in [1.29, 1.82) is 0 Å². The third-order valence-corrected chi connectivity index (χ3v) is 4.30. The van der Waals surface area contributed by atoms with Crippen molar-refractivity contribution in [3.05, 3.63) is 0 Å². The Balaban J connectivity index is 4.49. The normalized spacial score (nSPS) is 13.3. The molecular formula is C11H26N2O3S. The van der Waals surface area contributed by atoms with Gasteiger partial charge in [-0.3, -0.25) is 0 Å². The number of methoxy groups -OCH3 is 1. The van der Waals surface area contributed by atoms with Crippen LogP contribution in [0.25, 0.3) is 0 Å². The standard InChI is InChI=1S/C11H26N2O3S/c1-11(2,3)5-10-17(14,15)13(7-6-12)8-9-16-4/h5-10,12H2,1-4H3. The molecule has 0 radical (unpaired) electrons. The van der Waals surface area contributed by atoms with Crippen molar-refractivity contribution in [2.45, 2.75) is 27.2 Å². The zero-order chi connectivity index (χ0) is 13.5. The first-order chi connectivity index (χ1) is 7.73. The van der Waals surface area contributed by atoms with E-state index in [-0.39, 0.29) is 11.2 Å². The summed E-state index contributed by atoms with van der Waals surface area (Å²) < 4.78 is 30.5. The molecule has 0 aliphatic heterocycles. The highest BCUT2D eigenvalue weighted by Crippen LogP contribution is 2.20. The van der Waals surface area contributed by atoms with Gasteiger partial charge >= 0.3 is 0 Å². The van der Waals surface area contributed by atoms with Crippen LogP contribution in [0.5, 0.6) is 0 Å². The molecule has 0 unspecified atom stereocenters. The number of sulfonamides is 1. The third kappa shape index (κ3) is 7.70. The number of hydrogen-bond acceptors (Lipinski definition) is 4. The molecule has 0 aliphatic rings. The molecule has 0 aromatic heterocycles. The van der Waals surface area contributed by atoms with Crippen LogP contribution < -0.4 is 5.73 Å². The Bertz CT molecular complexity index is 296. The van der Waals surface area contributed by atoms with E-state index in [1.165, 1.54) is 4.31 Å². The number of ether oxygens (including phenoxy) is 1. The molecule has 0 aromatic rings. The Kier molecular flexibility index (Phi) is 7.23. The van der Waals surface area contributed by atoms with Gasteiger partial charge in [0.15, 0.2) is 0 Å². The highest BCUT2D eigenvalue weighted by Gasteiger charge is 2.23. The Morgan fingerprint density at radius 3 is 2.24 bits per heavy atom. The molecule has 0 aromatic carbocycles. The third-order valence-electron chi connectivity index (χ3n) is 2.43. The Morgan fingerprint density at radius 2 is 1.82 bits per heavy atom. The first kappa shape index (κ1) is 16.8. The van der Waals surface area contributed by atoms with Crippen LogP contribution in [0.2, 0.25) is 0 Å². The van der Waals surface area contributed by atoms with Crippen molar-refractivity contribution in [2.24, 2.45) is 11.1 Å². The van der Waals surface area contributed by atoms with Gasteiger partial charge < -0.3 is 10.5 Å². The molecule has 0 heterocycles. The quantitative estimate of drug-likeness (QED) is 0.700. The molecule has 0 saturated carbocycles. The minimum Gasteiger partial charge on any atom is -0.383 e. The fourth-order valence-electron chi connectivity index (χ4n) is 1.29. The molecule has 104 valence electrons. The molecule has 0 amide bonds. The summed E-state index contributed by atoms with van der Waals surface area (Å²) in [6, 6.07) is 0. The van der Waals surface area contributed by atoms with Crippen LogP contribution in [0.3, 0.4) is 0 Å². The van der Waals surface area contributed by atoms with Crippen LogP contribution in [-0.2, 0) is 14.8 Å². The number of rotatable bonds is 8. The van der Waals surface area contributed by atoms with Gasteiger partial charge in [0.25, 0.3) is 0 Å². The van der Waals surface area contributed by atoms with Crippen LogP contribution in [0.4, 0.5) is 0 Å². The van der Waals surface area contributed by atoms with Gasteiger partial charge in [-0.1, -0.05) is 20.8 Å². The molecule has 0 atom stereocenters. The van der Waals surface area contributed by atoms with E-state index in [1.54, 1.807) is 7.11 Å². The lowest BCUT2D eigenvalue weighted by atomic mass is 9.94. The first-order valence-corrected chi connectivity index (χ1v) is 7.50. The van der Waals surface area contributed by atoms with E-state index in [4.69, 9.17) is 10.5 Å². The minimum absolute atomic E-state index is 0.0166. The van der Waals surface area contributed by atoms with Crippen LogP contribution in [0.1, 0.15) is 27.2 Å². The van der Waals surface area contributed by atoms with Gasteiger partial charge in [-0.05, 0) is 11.8 Å². The zero-order valence-corrected chi connectivity index (χ0v) is 12.2. The lowest BCUT2D eigenvalue weighted by Crippen LogP contribution is -2.39. The van der Waals surface area contributed by atoms with Crippen LogP contribution in [0.15, 0.2) is 0 Å². The second-order valence-corrected chi connectivity index (χ2v) is 7.40. The highest BCUT2D eigenvalue weighted by molar-refractivity contribution is 7.89. The van der Waals surface area contributed by atoms with E-state index < -0.39 is 10.0 Å². The number of nitrogens with two attached hydrogens (primary N) is 1. The highest BCUT2D eigenvalue weighted by atomic mass is 32.2. The van der Waals surface area contributed by atoms with E-state index in [9.17, 15) is 8.42 Å². The second-order valence-electron chi connectivity index (χ2n) is 5.31. The van der Waals surface area contributed by atoms with Crippen molar-refractivity contribution >= 4 is 10.0 Å². The van der Waals surface area contributed by atoms with Gasteiger partial charge in [0.1, 0.15) is 0 Å². The van der Waals surface area contributed by atoms with Gasteiger partial charge in [0, 0.05) is 26.7 Å². The summed E-state index contributed by atoms with van der Waals surface area (Å²) in [5, 5.41) is 0. The molecule has 17 heavy (non-hydrogen) atoms. The number of nitrogens with zero attached hydrogens (tertiary/aromatic N) is 1. The van der Waals surface area contributed by atoms with Gasteiger partial charge in [-0.15, -0.1) is 0 Å². The SMILES string of the molecule is COCCN(CCN)S(=O)(=O)CCC(C)(C)C. The molecule has 0 saturated heterocycles. The first-order valence-electron chi connectivity index (χ1n) is 5.90. The summed E-state index contributed by atoms with van der Waals surface area (Å²) in [7, 11) is -1.66. The topological polar surface area (TPSA) is 72.6 Å². The average Bonchev–Trinajstić information content (AvgIpc) is 2.20. The second kappa shape index (κ2) is 7.31. The largest absolute Gasteiger partial charge is 0.383 e. The van der Waals surface area contributed by atoms with Crippen LogP contribution >= 0.6 is 0 Å². The molecule has 0 spiro atoms. The number of hydrogen-bond donors (Lipinski definition) is 1. The van der Waals surface area contributed by atoms with Gasteiger partial charge in [0.2, 0.25) is 10.0 Å². The van der Waals surface area contributed by atoms with Crippen LogP contribution in [-0.4, -0.2) is 51.8 Å². The van der Waals surface area contributed by atoms with Gasteiger partial charge in [-0.2, -0.15) is 4.31 Å². The van der Waals surface area contributed by atoms with E-state index >= 15 is 0 Å². The fraction of sp³-hybridized carbons (Fsp3) is 1.00. The van der Waals surface area contributed by atoms with E-state index in [0.29, 0.717) is 32.7 Å². The maximum absolute atomic E-state index is 12.1. The molecule has 0 fully saturated rings. The minimum atomic E-state index is -3.22. The molecule has 5 nitrogen and oxygen atoms in total. The summed E-state index contributed by atoms with van der Waals surface area (Å²) in [6.45, 7) is 7.56. The van der Waals surface area contributed by atoms with Crippen molar-refractivity contribution in [2.75, 3.05) is 39.1 Å². The summed E-state index contributed by atoms with van der Waals surface area (Å²) in [5.74, 6) is 0.167. The molecule has 6 heteroatoms. The smallest absolute Gasteiger partial charge is 0.214 e. The lowest BCUT2D eigenvalue weighted by Gasteiger charge is -2.24. The Morgan fingerprint density at radius 1 is 1.24 bits per heavy atom. The molecule has 0 bridgehead atoms. The summed E-state index contributed by atoms with van der Waals surface area (Å²) in [5.41, 5.74) is 5.45. The predicted octanol–water partition coefficient (Wildman–Crippen LogP) is 0.660. The van der Waals surface area contributed by atoms with Crippen molar-refractivity contribution in [1.82, 2.24) is 4.31 Å². The molecule has 0 rings (SSSR count).